The SMILES string of the molecule is C=C(Cc1ccccc1)C(=O)OC(C)(C)C1CCNCC1. The van der Waals surface area contributed by atoms with Crippen LogP contribution in [0.15, 0.2) is 42.5 Å². The Hall–Kier alpha value is -1.61. The second-order valence-corrected chi connectivity index (χ2v) is 6.28. The van der Waals surface area contributed by atoms with Crippen molar-refractivity contribution in [3.63, 3.8) is 0 Å². The van der Waals surface area contributed by atoms with Gasteiger partial charge in [0.25, 0.3) is 0 Å². The number of rotatable bonds is 5. The molecule has 0 radical (unpaired) electrons. The van der Waals surface area contributed by atoms with Gasteiger partial charge in [-0.2, -0.15) is 0 Å². The summed E-state index contributed by atoms with van der Waals surface area (Å²) in [6.45, 7) is 9.91. The van der Waals surface area contributed by atoms with Gasteiger partial charge in [-0.25, -0.2) is 4.79 Å². The summed E-state index contributed by atoms with van der Waals surface area (Å²) >= 11 is 0. The van der Waals surface area contributed by atoms with E-state index in [1.54, 1.807) is 0 Å². The van der Waals surface area contributed by atoms with Gasteiger partial charge in [-0.15, -0.1) is 0 Å². The number of piperidine rings is 1. The molecule has 1 aliphatic rings. The molecular formula is C18H25NO2. The minimum Gasteiger partial charge on any atom is -0.456 e. The van der Waals surface area contributed by atoms with Crippen molar-refractivity contribution in [3.05, 3.63) is 48.0 Å². The number of esters is 1. The van der Waals surface area contributed by atoms with Crippen LogP contribution >= 0.6 is 0 Å². The van der Waals surface area contributed by atoms with Gasteiger partial charge < -0.3 is 10.1 Å². The lowest BCUT2D eigenvalue weighted by atomic mass is 9.83. The number of hydrogen-bond acceptors (Lipinski definition) is 3. The number of ether oxygens (including phenoxy) is 1. The van der Waals surface area contributed by atoms with E-state index < -0.39 is 5.60 Å². The Kier molecular flexibility index (Phi) is 5.18. The second-order valence-electron chi connectivity index (χ2n) is 6.28. The van der Waals surface area contributed by atoms with Crippen LogP contribution in [0.1, 0.15) is 32.3 Å². The van der Waals surface area contributed by atoms with E-state index in [9.17, 15) is 4.79 Å². The lowest BCUT2D eigenvalue weighted by Gasteiger charge is -2.36. The number of hydrogen-bond donors (Lipinski definition) is 1. The summed E-state index contributed by atoms with van der Waals surface area (Å²) in [4.78, 5) is 12.3. The van der Waals surface area contributed by atoms with E-state index in [0.717, 1.165) is 31.5 Å². The quantitative estimate of drug-likeness (QED) is 0.668. The standard InChI is InChI=1S/C18H25NO2/c1-14(13-15-7-5-4-6-8-15)17(20)21-18(2,3)16-9-11-19-12-10-16/h4-8,16,19H,1,9-13H2,2-3H3. The summed E-state index contributed by atoms with van der Waals surface area (Å²) in [5.41, 5.74) is 1.17. The summed E-state index contributed by atoms with van der Waals surface area (Å²) in [5, 5.41) is 3.34. The third-order valence-corrected chi connectivity index (χ3v) is 4.23. The summed E-state index contributed by atoms with van der Waals surface area (Å²) in [7, 11) is 0. The van der Waals surface area contributed by atoms with Crippen molar-refractivity contribution in [2.75, 3.05) is 13.1 Å². The van der Waals surface area contributed by atoms with E-state index in [0.29, 0.717) is 17.9 Å². The minimum atomic E-state index is -0.432. The fourth-order valence-corrected chi connectivity index (χ4v) is 2.83. The van der Waals surface area contributed by atoms with E-state index in [2.05, 4.69) is 11.9 Å². The van der Waals surface area contributed by atoms with Gasteiger partial charge in [0, 0.05) is 17.9 Å². The van der Waals surface area contributed by atoms with Crippen LogP contribution in [0, 0.1) is 5.92 Å². The molecule has 2 rings (SSSR count). The molecule has 1 N–H and O–H groups in total. The van der Waals surface area contributed by atoms with Crippen LogP contribution in [0.3, 0.4) is 0 Å². The van der Waals surface area contributed by atoms with Crippen molar-refractivity contribution in [3.8, 4) is 0 Å². The Balaban J connectivity index is 1.91. The monoisotopic (exact) mass is 287 g/mol. The highest BCUT2D eigenvalue weighted by atomic mass is 16.6. The zero-order valence-electron chi connectivity index (χ0n) is 13.0. The summed E-state index contributed by atoms with van der Waals surface area (Å²) in [6, 6.07) is 9.89. The van der Waals surface area contributed by atoms with Gasteiger partial charge in [0.1, 0.15) is 5.60 Å². The average Bonchev–Trinajstić information content (AvgIpc) is 2.48. The molecule has 0 aromatic heterocycles. The molecule has 1 aliphatic heterocycles. The number of carbonyl (C=O) groups is 1. The maximum absolute atomic E-state index is 12.3. The molecule has 0 aliphatic carbocycles. The molecule has 114 valence electrons. The van der Waals surface area contributed by atoms with Crippen LogP contribution in [0.25, 0.3) is 0 Å². The van der Waals surface area contributed by atoms with Gasteiger partial charge in [0.15, 0.2) is 0 Å². The highest BCUT2D eigenvalue weighted by molar-refractivity contribution is 5.88. The Bertz CT molecular complexity index is 487. The fourth-order valence-electron chi connectivity index (χ4n) is 2.83. The zero-order valence-corrected chi connectivity index (χ0v) is 13.0. The van der Waals surface area contributed by atoms with E-state index in [-0.39, 0.29) is 5.97 Å². The molecule has 0 unspecified atom stereocenters. The second kappa shape index (κ2) is 6.90. The maximum atomic E-state index is 12.3. The first kappa shape index (κ1) is 15.8. The van der Waals surface area contributed by atoms with Gasteiger partial charge in [-0.1, -0.05) is 36.9 Å². The van der Waals surface area contributed by atoms with Crippen LogP contribution in [0.5, 0.6) is 0 Å². The lowest BCUT2D eigenvalue weighted by Crippen LogP contribution is -2.43. The van der Waals surface area contributed by atoms with Crippen LogP contribution in [0.4, 0.5) is 0 Å². The van der Waals surface area contributed by atoms with Crippen LogP contribution in [-0.4, -0.2) is 24.7 Å². The van der Waals surface area contributed by atoms with E-state index in [1.807, 2.05) is 44.2 Å². The molecule has 0 saturated carbocycles. The molecule has 1 heterocycles. The van der Waals surface area contributed by atoms with E-state index >= 15 is 0 Å². The molecule has 21 heavy (non-hydrogen) atoms. The van der Waals surface area contributed by atoms with Crippen molar-refractivity contribution >= 4 is 5.97 Å². The molecular weight excluding hydrogens is 262 g/mol. The topological polar surface area (TPSA) is 38.3 Å². The Morgan fingerprint density at radius 1 is 1.29 bits per heavy atom. The normalized spacial score (nSPS) is 16.5. The predicted octanol–water partition coefficient (Wildman–Crippen LogP) is 3.11. The minimum absolute atomic E-state index is 0.276. The fraction of sp³-hybridized carbons (Fsp3) is 0.500. The predicted molar refractivity (Wildman–Crippen MR) is 85.1 cm³/mol. The first-order chi connectivity index (χ1) is 9.99. The van der Waals surface area contributed by atoms with Crippen molar-refractivity contribution in [1.82, 2.24) is 5.32 Å². The largest absolute Gasteiger partial charge is 0.456 e. The Morgan fingerprint density at radius 2 is 1.90 bits per heavy atom. The lowest BCUT2D eigenvalue weighted by molar-refractivity contribution is -0.157. The number of benzene rings is 1. The van der Waals surface area contributed by atoms with Crippen LogP contribution in [0.2, 0.25) is 0 Å². The highest BCUT2D eigenvalue weighted by Crippen LogP contribution is 2.29. The highest BCUT2D eigenvalue weighted by Gasteiger charge is 2.34. The first-order valence-corrected chi connectivity index (χ1v) is 7.65. The summed E-state index contributed by atoms with van der Waals surface area (Å²) in [6.07, 6.45) is 2.64. The molecule has 1 saturated heterocycles. The Labute approximate surface area is 127 Å². The molecule has 1 aromatic rings. The molecule has 0 amide bonds. The van der Waals surface area contributed by atoms with E-state index in [4.69, 9.17) is 4.74 Å². The van der Waals surface area contributed by atoms with Gasteiger partial charge in [-0.05, 0) is 45.3 Å². The van der Waals surface area contributed by atoms with Gasteiger partial charge in [0.2, 0.25) is 0 Å². The summed E-state index contributed by atoms with van der Waals surface area (Å²) in [5.74, 6) is 0.134. The van der Waals surface area contributed by atoms with Crippen molar-refractivity contribution in [2.24, 2.45) is 5.92 Å². The Morgan fingerprint density at radius 3 is 2.52 bits per heavy atom. The molecule has 3 nitrogen and oxygen atoms in total. The van der Waals surface area contributed by atoms with Crippen LogP contribution in [-0.2, 0) is 16.0 Å². The molecule has 0 spiro atoms. The molecule has 0 bridgehead atoms. The summed E-state index contributed by atoms with van der Waals surface area (Å²) < 4.78 is 5.75. The first-order valence-electron chi connectivity index (χ1n) is 7.65. The van der Waals surface area contributed by atoms with Crippen molar-refractivity contribution in [1.29, 1.82) is 0 Å². The third-order valence-electron chi connectivity index (χ3n) is 4.23. The smallest absolute Gasteiger partial charge is 0.334 e. The van der Waals surface area contributed by atoms with Crippen molar-refractivity contribution < 1.29 is 9.53 Å². The van der Waals surface area contributed by atoms with Crippen LogP contribution < -0.4 is 5.32 Å². The molecule has 3 heteroatoms. The van der Waals surface area contributed by atoms with Gasteiger partial charge in [-0.3, -0.25) is 0 Å². The average molecular weight is 287 g/mol. The van der Waals surface area contributed by atoms with Gasteiger partial charge >= 0.3 is 5.97 Å². The van der Waals surface area contributed by atoms with E-state index in [1.165, 1.54) is 0 Å². The van der Waals surface area contributed by atoms with Gasteiger partial charge in [0.05, 0.1) is 0 Å². The third kappa shape index (κ3) is 4.43. The number of nitrogens with one attached hydrogen (secondary N) is 1. The molecule has 0 atom stereocenters. The van der Waals surface area contributed by atoms with Crippen molar-refractivity contribution in [2.45, 2.75) is 38.7 Å². The number of carbonyl (C=O) groups excluding carboxylic acids is 1. The maximum Gasteiger partial charge on any atom is 0.334 e. The molecule has 1 fully saturated rings. The zero-order chi connectivity index (χ0) is 15.3. The molecule has 1 aromatic carbocycles.